The minimum absolute atomic E-state index is 0.164. The molecule has 0 spiro atoms. The Balaban J connectivity index is 1.63. The number of amides is 2. The van der Waals surface area contributed by atoms with Crippen LogP contribution in [0.4, 0.5) is 0 Å². The molecule has 0 saturated heterocycles. The van der Waals surface area contributed by atoms with Crippen molar-refractivity contribution in [2.45, 2.75) is 19.3 Å². The highest BCUT2D eigenvalue weighted by Gasteiger charge is 2.41. The Hall–Kier alpha value is -1.89. The Morgan fingerprint density at radius 3 is 2.43 bits per heavy atom. The topological polar surface area (TPSA) is 95.5 Å². The predicted molar refractivity (Wildman–Crippen MR) is 88.0 cm³/mol. The van der Waals surface area contributed by atoms with E-state index >= 15 is 0 Å². The van der Waals surface area contributed by atoms with Gasteiger partial charge in [0, 0.05) is 23.1 Å². The van der Waals surface area contributed by atoms with Crippen LogP contribution in [0.15, 0.2) is 28.7 Å². The fraction of sp³-hybridized carbons (Fsp3) is 0.438. The van der Waals surface area contributed by atoms with Crippen molar-refractivity contribution in [3.05, 3.63) is 34.3 Å². The molecule has 0 heterocycles. The summed E-state index contributed by atoms with van der Waals surface area (Å²) < 4.78 is 0.839. The summed E-state index contributed by atoms with van der Waals surface area (Å²) in [5.74, 6) is -2.24. The molecule has 7 heteroatoms. The maximum atomic E-state index is 11.9. The van der Waals surface area contributed by atoms with Crippen molar-refractivity contribution in [1.82, 2.24) is 10.6 Å². The van der Waals surface area contributed by atoms with Crippen LogP contribution in [0, 0.1) is 11.8 Å². The first-order chi connectivity index (χ1) is 11.0. The summed E-state index contributed by atoms with van der Waals surface area (Å²) in [7, 11) is 0. The van der Waals surface area contributed by atoms with Crippen molar-refractivity contribution in [2.24, 2.45) is 11.8 Å². The van der Waals surface area contributed by atoms with E-state index < -0.39 is 17.8 Å². The quantitative estimate of drug-likeness (QED) is 0.626. The lowest BCUT2D eigenvalue weighted by molar-refractivity contribution is -0.152. The van der Waals surface area contributed by atoms with Gasteiger partial charge in [-0.05, 0) is 37.5 Å². The summed E-state index contributed by atoms with van der Waals surface area (Å²) in [6.45, 7) is 0.860. The van der Waals surface area contributed by atoms with E-state index in [1.54, 1.807) is 18.2 Å². The molecule has 124 valence electrons. The van der Waals surface area contributed by atoms with Crippen LogP contribution in [0.2, 0.25) is 0 Å². The van der Waals surface area contributed by atoms with Gasteiger partial charge in [-0.3, -0.25) is 14.4 Å². The van der Waals surface area contributed by atoms with Gasteiger partial charge in [-0.25, -0.2) is 0 Å². The number of carbonyl (C=O) groups is 3. The molecule has 1 aliphatic carbocycles. The Kier molecular flexibility index (Phi) is 6.15. The van der Waals surface area contributed by atoms with E-state index in [0.29, 0.717) is 37.9 Å². The van der Waals surface area contributed by atoms with Gasteiger partial charge >= 0.3 is 5.97 Å². The maximum absolute atomic E-state index is 11.9. The van der Waals surface area contributed by atoms with Gasteiger partial charge in [0.1, 0.15) is 0 Å². The lowest BCUT2D eigenvalue weighted by atomic mass is 9.73. The van der Waals surface area contributed by atoms with Gasteiger partial charge in [0.15, 0.2) is 0 Å². The second-order valence-corrected chi connectivity index (χ2v) is 6.46. The number of rotatable bonds is 7. The summed E-state index contributed by atoms with van der Waals surface area (Å²) in [5, 5.41) is 14.4. The first-order valence-electron chi connectivity index (χ1n) is 7.53. The highest BCUT2D eigenvalue weighted by molar-refractivity contribution is 9.10. The molecule has 0 aromatic heterocycles. The van der Waals surface area contributed by atoms with Crippen molar-refractivity contribution in [3.8, 4) is 0 Å². The molecule has 6 nitrogen and oxygen atoms in total. The first kappa shape index (κ1) is 17.5. The van der Waals surface area contributed by atoms with E-state index in [0.717, 1.165) is 4.47 Å². The molecular weight excluding hydrogens is 364 g/mol. The van der Waals surface area contributed by atoms with Crippen molar-refractivity contribution in [1.29, 1.82) is 0 Å². The summed E-state index contributed by atoms with van der Waals surface area (Å²) in [6, 6.07) is 7.10. The highest BCUT2D eigenvalue weighted by Crippen LogP contribution is 2.34. The smallest absolute Gasteiger partial charge is 0.307 e. The van der Waals surface area contributed by atoms with Gasteiger partial charge in [-0.15, -0.1) is 0 Å². The zero-order valence-electron chi connectivity index (χ0n) is 12.5. The van der Waals surface area contributed by atoms with Crippen molar-refractivity contribution in [3.63, 3.8) is 0 Å². The third kappa shape index (κ3) is 4.79. The van der Waals surface area contributed by atoms with Crippen LogP contribution >= 0.6 is 15.9 Å². The number of nitrogens with one attached hydrogen (secondary N) is 2. The fourth-order valence-electron chi connectivity index (χ4n) is 2.47. The van der Waals surface area contributed by atoms with E-state index in [-0.39, 0.29) is 11.8 Å². The molecular formula is C16H19BrN2O4. The number of benzene rings is 1. The van der Waals surface area contributed by atoms with Crippen LogP contribution in [-0.2, 0) is 9.59 Å². The SMILES string of the molecule is O=C(NCCCNC(=O)C1CCC1C(=O)O)c1cccc(Br)c1. The molecule has 1 aromatic rings. The van der Waals surface area contributed by atoms with E-state index in [2.05, 4.69) is 26.6 Å². The molecule has 1 saturated carbocycles. The lowest BCUT2D eigenvalue weighted by Gasteiger charge is -2.31. The largest absolute Gasteiger partial charge is 0.481 e. The first-order valence-corrected chi connectivity index (χ1v) is 8.32. The molecule has 0 radical (unpaired) electrons. The second kappa shape index (κ2) is 8.10. The average Bonchev–Trinajstić information content (AvgIpc) is 2.44. The number of halogens is 1. The molecule has 2 amide bonds. The van der Waals surface area contributed by atoms with Crippen molar-refractivity contribution < 1.29 is 19.5 Å². The Labute approximate surface area is 142 Å². The van der Waals surface area contributed by atoms with Crippen LogP contribution < -0.4 is 10.6 Å². The number of hydrogen-bond acceptors (Lipinski definition) is 3. The predicted octanol–water partition coefficient (Wildman–Crippen LogP) is 1.80. The number of hydrogen-bond donors (Lipinski definition) is 3. The normalized spacial score (nSPS) is 19.5. The second-order valence-electron chi connectivity index (χ2n) is 5.54. The summed E-state index contributed by atoms with van der Waals surface area (Å²) >= 11 is 3.31. The molecule has 1 fully saturated rings. The van der Waals surface area contributed by atoms with Gasteiger partial charge < -0.3 is 15.7 Å². The zero-order valence-corrected chi connectivity index (χ0v) is 14.1. The lowest BCUT2D eigenvalue weighted by Crippen LogP contribution is -2.44. The van der Waals surface area contributed by atoms with Crippen LogP contribution in [0.1, 0.15) is 29.6 Å². The van der Waals surface area contributed by atoms with Crippen molar-refractivity contribution in [2.75, 3.05) is 13.1 Å². The number of carbonyl (C=O) groups excluding carboxylic acids is 2. The van der Waals surface area contributed by atoms with Gasteiger partial charge in [0.2, 0.25) is 5.91 Å². The Morgan fingerprint density at radius 2 is 1.83 bits per heavy atom. The van der Waals surface area contributed by atoms with Gasteiger partial charge in [-0.2, -0.15) is 0 Å². The number of aliphatic carboxylic acids is 1. The number of carboxylic acid groups (broad SMARTS) is 1. The molecule has 1 aromatic carbocycles. The fourth-order valence-corrected chi connectivity index (χ4v) is 2.87. The van der Waals surface area contributed by atoms with Crippen LogP contribution in [0.3, 0.4) is 0 Å². The minimum atomic E-state index is -0.905. The minimum Gasteiger partial charge on any atom is -0.481 e. The summed E-state index contributed by atoms with van der Waals surface area (Å²) in [4.78, 5) is 34.6. The molecule has 3 N–H and O–H groups in total. The highest BCUT2D eigenvalue weighted by atomic mass is 79.9. The van der Waals surface area contributed by atoms with E-state index in [4.69, 9.17) is 5.11 Å². The monoisotopic (exact) mass is 382 g/mol. The molecule has 2 unspecified atom stereocenters. The number of carboxylic acids is 1. The van der Waals surface area contributed by atoms with E-state index in [1.807, 2.05) is 6.07 Å². The third-order valence-electron chi connectivity index (χ3n) is 3.95. The molecule has 1 aliphatic rings. The summed E-state index contributed by atoms with van der Waals surface area (Å²) in [5.41, 5.74) is 0.571. The molecule has 2 rings (SSSR count). The Bertz CT molecular complexity index is 605. The molecule has 0 aliphatic heterocycles. The van der Waals surface area contributed by atoms with E-state index in [9.17, 15) is 14.4 Å². The maximum Gasteiger partial charge on any atom is 0.307 e. The van der Waals surface area contributed by atoms with Crippen molar-refractivity contribution >= 4 is 33.7 Å². The summed E-state index contributed by atoms with van der Waals surface area (Å²) in [6.07, 6.45) is 1.79. The molecule has 23 heavy (non-hydrogen) atoms. The third-order valence-corrected chi connectivity index (χ3v) is 4.45. The molecule has 0 bridgehead atoms. The zero-order chi connectivity index (χ0) is 16.8. The standard InChI is InChI=1S/C16H19BrN2O4/c17-11-4-1-3-10(9-11)14(20)18-7-2-8-19-15(21)12-5-6-13(12)16(22)23/h1,3-4,9,12-13H,2,5-8H2,(H,18,20)(H,19,21)(H,22,23). The van der Waals surface area contributed by atoms with Gasteiger partial charge in [0.05, 0.1) is 11.8 Å². The molecule has 2 atom stereocenters. The van der Waals surface area contributed by atoms with Crippen LogP contribution in [0.25, 0.3) is 0 Å². The van der Waals surface area contributed by atoms with Gasteiger partial charge in [0.25, 0.3) is 5.91 Å². The Morgan fingerprint density at radius 1 is 1.13 bits per heavy atom. The average molecular weight is 383 g/mol. The van der Waals surface area contributed by atoms with Gasteiger partial charge in [-0.1, -0.05) is 22.0 Å². The van der Waals surface area contributed by atoms with E-state index in [1.165, 1.54) is 0 Å². The van der Waals surface area contributed by atoms with Crippen LogP contribution in [-0.4, -0.2) is 36.0 Å². The van der Waals surface area contributed by atoms with Crippen LogP contribution in [0.5, 0.6) is 0 Å².